The lowest BCUT2D eigenvalue weighted by Crippen LogP contribution is -2.07. The summed E-state index contributed by atoms with van der Waals surface area (Å²) in [7, 11) is -3.79. The number of sulfone groups is 1. The Morgan fingerprint density at radius 3 is 2.33 bits per heavy atom. The van der Waals surface area contributed by atoms with Crippen LogP contribution in [0.15, 0.2) is 51.8 Å². The summed E-state index contributed by atoms with van der Waals surface area (Å²) in [6.45, 7) is 0. The number of benzene rings is 2. The molecule has 0 radical (unpaired) electrons. The highest BCUT2D eigenvalue weighted by atomic mass is 79.9. The molecule has 0 fully saturated rings. The number of hydrogen-bond acceptors (Lipinski definition) is 4. The molecule has 0 bridgehead atoms. The third-order valence-corrected chi connectivity index (χ3v) is 4.94. The molecule has 0 atom stereocenters. The second-order valence-corrected chi connectivity index (χ2v) is 7.15. The summed E-state index contributed by atoms with van der Waals surface area (Å²) >= 11 is 3.10. The zero-order chi connectivity index (χ0) is 15.6. The molecule has 0 unspecified atom stereocenters. The number of nitro groups is 1. The van der Waals surface area contributed by atoms with Crippen LogP contribution in [0.1, 0.15) is 5.56 Å². The van der Waals surface area contributed by atoms with E-state index in [4.69, 9.17) is 0 Å². The quantitative estimate of drug-likeness (QED) is 0.467. The first kappa shape index (κ1) is 15.6. The van der Waals surface area contributed by atoms with Crippen LogP contribution in [-0.2, 0) is 15.6 Å². The summed E-state index contributed by atoms with van der Waals surface area (Å²) < 4.78 is 37.7. The Kier molecular flexibility index (Phi) is 4.38. The van der Waals surface area contributed by atoms with Crippen molar-refractivity contribution in [2.75, 3.05) is 0 Å². The first-order valence-electron chi connectivity index (χ1n) is 5.71. The molecule has 0 spiro atoms. The number of nitrogens with zero attached hydrogens (tertiary/aromatic N) is 1. The monoisotopic (exact) mass is 373 g/mol. The molecule has 0 aliphatic rings. The van der Waals surface area contributed by atoms with Crippen molar-refractivity contribution < 1.29 is 17.7 Å². The van der Waals surface area contributed by atoms with E-state index in [2.05, 4.69) is 15.9 Å². The topological polar surface area (TPSA) is 77.3 Å². The number of halogens is 2. The van der Waals surface area contributed by atoms with Crippen molar-refractivity contribution in [3.63, 3.8) is 0 Å². The van der Waals surface area contributed by atoms with Gasteiger partial charge in [0.05, 0.1) is 15.6 Å². The zero-order valence-corrected chi connectivity index (χ0v) is 12.9. The maximum absolute atomic E-state index is 12.8. The predicted molar refractivity (Wildman–Crippen MR) is 78.1 cm³/mol. The molecular formula is C13H9BrFNO4S. The van der Waals surface area contributed by atoms with Crippen LogP contribution >= 0.6 is 15.9 Å². The third-order valence-electron chi connectivity index (χ3n) is 2.76. The van der Waals surface area contributed by atoms with Gasteiger partial charge >= 0.3 is 0 Å². The highest BCUT2D eigenvalue weighted by Gasteiger charge is 2.22. The van der Waals surface area contributed by atoms with Gasteiger partial charge in [-0.05, 0) is 30.3 Å². The van der Waals surface area contributed by atoms with Crippen LogP contribution in [0.2, 0.25) is 0 Å². The molecule has 2 rings (SSSR count). The van der Waals surface area contributed by atoms with Gasteiger partial charge in [0.15, 0.2) is 9.84 Å². The molecule has 0 aromatic heterocycles. The van der Waals surface area contributed by atoms with E-state index in [1.165, 1.54) is 18.2 Å². The molecule has 2 aromatic rings. The van der Waals surface area contributed by atoms with E-state index >= 15 is 0 Å². The number of nitro benzene ring substituents is 1. The lowest BCUT2D eigenvalue weighted by Gasteiger charge is -2.06. The van der Waals surface area contributed by atoms with Crippen molar-refractivity contribution in [2.24, 2.45) is 0 Å². The third kappa shape index (κ3) is 3.64. The largest absolute Gasteiger partial charge is 0.274 e. The van der Waals surface area contributed by atoms with E-state index in [9.17, 15) is 22.9 Å². The number of hydrogen-bond donors (Lipinski definition) is 0. The highest BCUT2D eigenvalue weighted by molar-refractivity contribution is 9.10. The van der Waals surface area contributed by atoms with E-state index in [1.54, 1.807) is 0 Å². The molecule has 0 saturated carbocycles. The van der Waals surface area contributed by atoms with Crippen molar-refractivity contribution in [3.05, 3.63) is 68.4 Å². The van der Waals surface area contributed by atoms with Gasteiger partial charge in [-0.15, -0.1) is 0 Å². The van der Waals surface area contributed by atoms with Crippen molar-refractivity contribution in [1.29, 1.82) is 0 Å². The average molecular weight is 374 g/mol. The minimum Gasteiger partial charge on any atom is -0.258 e. The van der Waals surface area contributed by atoms with Gasteiger partial charge in [0.1, 0.15) is 5.82 Å². The highest BCUT2D eigenvalue weighted by Crippen LogP contribution is 2.27. The summed E-state index contributed by atoms with van der Waals surface area (Å²) in [5.74, 6) is -1.08. The summed E-state index contributed by atoms with van der Waals surface area (Å²) in [6, 6.07) is 8.48. The standard InChI is InChI=1S/C13H9BrFNO4S/c14-10-2-1-9(13(7-10)16(17)18)8-21(19,20)12-5-3-11(15)4-6-12/h1-7H,8H2. The molecule has 5 nitrogen and oxygen atoms in total. The second-order valence-electron chi connectivity index (χ2n) is 4.24. The van der Waals surface area contributed by atoms with Gasteiger partial charge in [-0.3, -0.25) is 10.1 Å². The van der Waals surface area contributed by atoms with Crippen LogP contribution in [0.25, 0.3) is 0 Å². The van der Waals surface area contributed by atoms with E-state index in [-0.39, 0.29) is 16.1 Å². The molecule has 110 valence electrons. The summed E-state index contributed by atoms with van der Waals surface area (Å²) in [5.41, 5.74) is -0.206. The van der Waals surface area contributed by atoms with E-state index in [0.29, 0.717) is 4.47 Å². The minimum absolute atomic E-state index is 0.0764. The summed E-state index contributed by atoms with van der Waals surface area (Å²) in [4.78, 5) is 10.3. The van der Waals surface area contributed by atoms with Gasteiger partial charge in [0, 0.05) is 16.1 Å². The van der Waals surface area contributed by atoms with Crippen LogP contribution in [0.3, 0.4) is 0 Å². The van der Waals surface area contributed by atoms with Crippen LogP contribution in [0.5, 0.6) is 0 Å². The average Bonchev–Trinajstić information content (AvgIpc) is 2.41. The lowest BCUT2D eigenvalue weighted by atomic mass is 10.2. The van der Waals surface area contributed by atoms with Gasteiger partial charge in [-0.25, -0.2) is 12.8 Å². The van der Waals surface area contributed by atoms with E-state index in [0.717, 1.165) is 24.3 Å². The van der Waals surface area contributed by atoms with Gasteiger partial charge in [0.25, 0.3) is 5.69 Å². The molecule has 0 saturated heterocycles. The Hall–Kier alpha value is -1.80. The van der Waals surface area contributed by atoms with Gasteiger partial charge in [-0.1, -0.05) is 22.0 Å². The molecule has 0 heterocycles. The molecular weight excluding hydrogens is 365 g/mol. The van der Waals surface area contributed by atoms with Crippen molar-refractivity contribution in [1.82, 2.24) is 0 Å². The molecule has 0 N–H and O–H groups in total. The molecule has 2 aromatic carbocycles. The predicted octanol–water partition coefficient (Wildman–Crippen LogP) is 3.47. The SMILES string of the molecule is O=[N+]([O-])c1cc(Br)ccc1CS(=O)(=O)c1ccc(F)cc1. The Bertz CT molecular complexity index is 790. The Morgan fingerprint density at radius 2 is 1.76 bits per heavy atom. The first-order chi connectivity index (χ1) is 9.79. The number of rotatable bonds is 4. The van der Waals surface area contributed by atoms with Gasteiger partial charge < -0.3 is 0 Å². The molecule has 0 aliphatic heterocycles. The molecule has 8 heteroatoms. The minimum atomic E-state index is -3.79. The van der Waals surface area contributed by atoms with Crippen LogP contribution in [0.4, 0.5) is 10.1 Å². The fourth-order valence-electron chi connectivity index (χ4n) is 1.76. The Morgan fingerprint density at radius 1 is 1.14 bits per heavy atom. The maximum atomic E-state index is 12.8. The molecule has 0 aliphatic carbocycles. The summed E-state index contributed by atoms with van der Waals surface area (Å²) in [6.07, 6.45) is 0. The van der Waals surface area contributed by atoms with E-state index < -0.39 is 26.3 Å². The van der Waals surface area contributed by atoms with Crippen LogP contribution < -0.4 is 0 Å². The molecule has 0 amide bonds. The zero-order valence-electron chi connectivity index (χ0n) is 10.5. The van der Waals surface area contributed by atoms with E-state index in [1.807, 2.05) is 0 Å². The smallest absolute Gasteiger partial charge is 0.258 e. The van der Waals surface area contributed by atoms with Crippen LogP contribution in [-0.4, -0.2) is 13.3 Å². The van der Waals surface area contributed by atoms with Crippen molar-refractivity contribution >= 4 is 31.5 Å². The van der Waals surface area contributed by atoms with Crippen molar-refractivity contribution in [3.8, 4) is 0 Å². The normalized spacial score (nSPS) is 11.3. The van der Waals surface area contributed by atoms with Gasteiger partial charge in [0.2, 0.25) is 0 Å². The Balaban J connectivity index is 2.41. The lowest BCUT2D eigenvalue weighted by molar-refractivity contribution is -0.385. The Labute approximate surface area is 128 Å². The second kappa shape index (κ2) is 5.90. The van der Waals surface area contributed by atoms with Gasteiger partial charge in [-0.2, -0.15) is 0 Å². The fraction of sp³-hybridized carbons (Fsp3) is 0.0769. The van der Waals surface area contributed by atoms with Crippen LogP contribution in [0, 0.1) is 15.9 Å². The first-order valence-corrected chi connectivity index (χ1v) is 8.15. The summed E-state index contributed by atoms with van der Waals surface area (Å²) in [5, 5.41) is 11.0. The molecule has 21 heavy (non-hydrogen) atoms. The van der Waals surface area contributed by atoms with Crippen molar-refractivity contribution in [2.45, 2.75) is 10.6 Å². The fourth-order valence-corrected chi connectivity index (χ4v) is 3.48. The maximum Gasteiger partial charge on any atom is 0.274 e.